The van der Waals surface area contributed by atoms with Crippen molar-refractivity contribution in [1.29, 1.82) is 0 Å². The molecular weight excluding hydrogens is 230 g/mol. The van der Waals surface area contributed by atoms with Gasteiger partial charge in [0.2, 0.25) is 0 Å². The van der Waals surface area contributed by atoms with Crippen molar-refractivity contribution >= 4 is 22.8 Å². The fourth-order valence-corrected chi connectivity index (χ4v) is 2.55. The maximum atomic E-state index is 4.41. The van der Waals surface area contributed by atoms with Gasteiger partial charge in [-0.3, -0.25) is 0 Å². The van der Waals surface area contributed by atoms with E-state index < -0.39 is 0 Å². The number of hydrogen-bond donors (Lipinski definition) is 1. The Bertz CT molecular complexity index is 492. The molecule has 0 aliphatic heterocycles. The van der Waals surface area contributed by atoms with Gasteiger partial charge >= 0.3 is 0 Å². The lowest BCUT2D eigenvalue weighted by atomic mass is 10.0. The van der Waals surface area contributed by atoms with Crippen molar-refractivity contribution in [1.82, 2.24) is 14.9 Å². The minimum absolute atomic E-state index is 0.425. The highest BCUT2D eigenvalue weighted by Gasteiger charge is 2.10. The normalized spacial score (nSPS) is 13.1. The predicted molar refractivity (Wildman–Crippen MR) is 75.5 cm³/mol. The summed E-state index contributed by atoms with van der Waals surface area (Å²) in [6.07, 6.45) is 5.16. The third kappa shape index (κ3) is 2.64. The molecule has 0 saturated heterocycles. The molecular formula is C13H19N3S. The number of hydrogen-bond acceptors (Lipinski definition) is 3. The number of rotatable bonds is 5. The molecule has 17 heavy (non-hydrogen) atoms. The number of benzene rings is 1. The van der Waals surface area contributed by atoms with Gasteiger partial charge in [-0.2, -0.15) is 11.8 Å². The van der Waals surface area contributed by atoms with Crippen LogP contribution in [0.2, 0.25) is 0 Å². The molecule has 0 saturated carbocycles. The van der Waals surface area contributed by atoms with Crippen LogP contribution in [0.15, 0.2) is 24.5 Å². The standard InChI is InChI=1S/C13H19N3S/c1-14-11(6-7-17-3)10-4-5-13-12(8-10)15-9-16(13)2/h4-5,8-9,11,14H,6-7H2,1-3H3. The molecule has 92 valence electrons. The van der Waals surface area contributed by atoms with Crippen LogP contribution in [0.4, 0.5) is 0 Å². The van der Waals surface area contributed by atoms with Gasteiger partial charge in [0, 0.05) is 13.1 Å². The molecule has 3 nitrogen and oxygen atoms in total. The maximum Gasteiger partial charge on any atom is 0.0955 e. The van der Waals surface area contributed by atoms with E-state index in [0.717, 1.165) is 11.9 Å². The Balaban J connectivity index is 2.27. The highest BCUT2D eigenvalue weighted by Crippen LogP contribution is 2.22. The van der Waals surface area contributed by atoms with Gasteiger partial charge in [0.15, 0.2) is 0 Å². The van der Waals surface area contributed by atoms with Crippen molar-refractivity contribution in [3.05, 3.63) is 30.1 Å². The van der Waals surface area contributed by atoms with Crippen molar-refractivity contribution in [2.75, 3.05) is 19.1 Å². The summed E-state index contributed by atoms with van der Waals surface area (Å²) in [6.45, 7) is 0. The highest BCUT2D eigenvalue weighted by molar-refractivity contribution is 7.98. The van der Waals surface area contributed by atoms with E-state index in [2.05, 4.69) is 39.3 Å². The lowest BCUT2D eigenvalue weighted by molar-refractivity contribution is 0.582. The summed E-state index contributed by atoms with van der Waals surface area (Å²) in [5, 5.41) is 3.38. The summed E-state index contributed by atoms with van der Waals surface area (Å²) in [7, 11) is 4.05. The Labute approximate surface area is 107 Å². The van der Waals surface area contributed by atoms with Crippen LogP contribution in [0, 0.1) is 0 Å². The molecule has 1 aromatic carbocycles. The largest absolute Gasteiger partial charge is 0.334 e. The Kier molecular flexibility index (Phi) is 4.07. The van der Waals surface area contributed by atoms with E-state index in [0.29, 0.717) is 6.04 Å². The molecule has 0 bridgehead atoms. The number of aryl methyl sites for hydroxylation is 1. The Morgan fingerprint density at radius 3 is 3.00 bits per heavy atom. The van der Waals surface area contributed by atoms with Gasteiger partial charge in [0.1, 0.15) is 0 Å². The maximum absolute atomic E-state index is 4.41. The fraction of sp³-hybridized carbons (Fsp3) is 0.462. The molecule has 0 fully saturated rings. The van der Waals surface area contributed by atoms with E-state index in [1.807, 2.05) is 32.2 Å². The van der Waals surface area contributed by atoms with E-state index in [4.69, 9.17) is 0 Å². The van der Waals surface area contributed by atoms with Crippen LogP contribution >= 0.6 is 11.8 Å². The zero-order chi connectivity index (χ0) is 12.3. The minimum Gasteiger partial charge on any atom is -0.334 e. The zero-order valence-corrected chi connectivity index (χ0v) is 11.4. The average Bonchev–Trinajstić information content (AvgIpc) is 2.72. The van der Waals surface area contributed by atoms with E-state index in [1.165, 1.54) is 16.8 Å². The van der Waals surface area contributed by atoms with Crippen LogP contribution < -0.4 is 5.32 Å². The van der Waals surface area contributed by atoms with Crippen molar-refractivity contribution in [2.24, 2.45) is 7.05 Å². The molecule has 4 heteroatoms. The molecule has 0 amide bonds. The molecule has 2 rings (SSSR count). The molecule has 0 spiro atoms. The Hall–Kier alpha value is -1.00. The summed E-state index contributed by atoms with van der Waals surface area (Å²) in [5.74, 6) is 1.17. The quantitative estimate of drug-likeness (QED) is 0.883. The molecule has 1 unspecified atom stereocenters. The first kappa shape index (κ1) is 12.5. The second-order valence-corrected chi connectivity index (χ2v) is 5.21. The van der Waals surface area contributed by atoms with Gasteiger partial charge < -0.3 is 9.88 Å². The van der Waals surface area contributed by atoms with E-state index >= 15 is 0 Å². The first-order valence-electron chi connectivity index (χ1n) is 5.83. The number of nitrogens with one attached hydrogen (secondary N) is 1. The van der Waals surface area contributed by atoms with Gasteiger partial charge in [0.05, 0.1) is 17.4 Å². The lowest BCUT2D eigenvalue weighted by Gasteiger charge is -2.16. The minimum atomic E-state index is 0.425. The number of aromatic nitrogens is 2. The van der Waals surface area contributed by atoms with Crippen LogP contribution in [0.25, 0.3) is 11.0 Å². The van der Waals surface area contributed by atoms with Crippen molar-refractivity contribution in [3.63, 3.8) is 0 Å². The lowest BCUT2D eigenvalue weighted by Crippen LogP contribution is -2.17. The topological polar surface area (TPSA) is 29.9 Å². The summed E-state index contributed by atoms with van der Waals surface area (Å²) >= 11 is 1.89. The molecule has 0 aliphatic carbocycles. The molecule has 1 N–H and O–H groups in total. The zero-order valence-electron chi connectivity index (χ0n) is 10.6. The predicted octanol–water partition coefficient (Wildman–Crippen LogP) is 2.59. The SMILES string of the molecule is CNC(CCSC)c1ccc2c(c1)ncn2C. The van der Waals surface area contributed by atoms with Gasteiger partial charge in [-0.05, 0) is 43.2 Å². The van der Waals surface area contributed by atoms with Gasteiger partial charge in [0.25, 0.3) is 0 Å². The number of thioether (sulfide) groups is 1. The van der Waals surface area contributed by atoms with E-state index in [-0.39, 0.29) is 0 Å². The Morgan fingerprint density at radius 2 is 2.29 bits per heavy atom. The first-order chi connectivity index (χ1) is 8.26. The van der Waals surface area contributed by atoms with Crippen LogP contribution in [-0.2, 0) is 7.05 Å². The van der Waals surface area contributed by atoms with Crippen LogP contribution in [0.1, 0.15) is 18.0 Å². The van der Waals surface area contributed by atoms with E-state index in [9.17, 15) is 0 Å². The van der Waals surface area contributed by atoms with E-state index in [1.54, 1.807) is 0 Å². The molecule has 2 aromatic rings. The van der Waals surface area contributed by atoms with Gasteiger partial charge in [-0.1, -0.05) is 6.07 Å². The van der Waals surface area contributed by atoms with Crippen LogP contribution in [0.3, 0.4) is 0 Å². The summed E-state index contributed by atoms with van der Waals surface area (Å²) in [5.41, 5.74) is 3.59. The van der Waals surface area contributed by atoms with Crippen LogP contribution in [0.5, 0.6) is 0 Å². The van der Waals surface area contributed by atoms with Gasteiger partial charge in [-0.15, -0.1) is 0 Å². The number of nitrogens with zero attached hydrogens (tertiary/aromatic N) is 2. The summed E-state index contributed by atoms with van der Waals surface area (Å²) < 4.78 is 2.05. The molecule has 0 aliphatic rings. The third-order valence-corrected chi connectivity index (χ3v) is 3.75. The Morgan fingerprint density at radius 1 is 1.47 bits per heavy atom. The van der Waals surface area contributed by atoms with Crippen molar-refractivity contribution < 1.29 is 0 Å². The smallest absolute Gasteiger partial charge is 0.0955 e. The molecule has 0 radical (unpaired) electrons. The molecule has 1 aromatic heterocycles. The highest BCUT2D eigenvalue weighted by atomic mass is 32.2. The molecule has 1 atom stereocenters. The van der Waals surface area contributed by atoms with Crippen LogP contribution in [-0.4, -0.2) is 28.6 Å². The third-order valence-electron chi connectivity index (χ3n) is 3.11. The molecule has 1 heterocycles. The first-order valence-corrected chi connectivity index (χ1v) is 7.23. The average molecular weight is 249 g/mol. The second-order valence-electron chi connectivity index (χ2n) is 4.23. The van der Waals surface area contributed by atoms with Crippen molar-refractivity contribution in [2.45, 2.75) is 12.5 Å². The number of fused-ring (bicyclic) bond motifs is 1. The summed E-state index contributed by atoms with van der Waals surface area (Å²) in [6, 6.07) is 6.97. The monoisotopic (exact) mass is 249 g/mol. The second kappa shape index (κ2) is 5.56. The number of imidazole rings is 1. The fourth-order valence-electron chi connectivity index (χ4n) is 2.08. The summed E-state index contributed by atoms with van der Waals surface area (Å²) in [4.78, 5) is 4.41. The van der Waals surface area contributed by atoms with Crippen molar-refractivity contribution in [3.8, 4) is 0 Å². The van der Waals surface area contributed by atoms with Gasteiger partial charge in [-0.25, -0.2) is 4.98 Å².